The maximum atomic E-state index is 11.9. The molecule has 1 aromatic carbocycles. The van der Waals surface area contributed by atoms with Crippen LogP contribution in [-0.2, 0) is 16.1 Å². The summed E-state index contributed by atoms with van der Waals surface area (Å²) >= 11 is 0. The van der Waals surface area contributed by atoms with Crippen molar-refractivity contribution >= 4 is 5.97 Å². The molecule has 0 bridgehead atoms. The molecule has 0 saturated carbocycles. The first kappa shape index (κ1) is 15.6. The largest absolute Gasteiger partial charge is 0.504 e. The summed E-state index contributed by atoms with van der Waals surface area (Å²) in [4.78, 5) is 13.2. The van der Waals surface area contributed by atoms with E-state index in [1.165, 1.54) is 4.90 Å². The van der Waals surface area contributed by atoms with Gasteiger partial charge in [-0.3, -0.25) is 4.79 Å². The topological polar surface area (TPSA) is 60.2 Å². The van der Waals surface area contributed by atoms with Crippen molar-refractivity contribution in [3.05, 3.63) is 23.8 Å². The number of methoxy groups -OCH3 is 1. The Balaban J connectivity index is 2.01. The molecule has 1 fully saturated rings. The van der Waals surface area contributed by atoms with Crippen molar-refractivity contribution in [3.8, 4) is 11.5 Å². The summed E-state index contributed by atoms with van der Waals surface area (Å²) in [5.41, 5.74) is 0.855. The molecule has 1 saturated heterocycles. The number of phenolic OH excluding ortho intramolecular Hbond substituents is 1. The van der Waals surface area contributed by atoms with Crippen LogP contribution in [-0.4, -0.2) is 37.9 Å². The van der Waals surface area contributed by atoms with E-state index >= 15 is 0 Å². The third-order valence-electron chi connectivity index (χ3n) is 3.98. The van der Waals surface area contributed by atoms with Crippen LogP contribution < -0.4 is 9.64 Å². The summed E-state index contributed by atoms with van der Waals surface area (Å²) < 4.78 is 10.3. The summed E-state index contributed by atoms with van der Waals surface area (Å²) in [6.07, 6.45) is 1.90. The molecule has 2 atom stereocenters. The molecule has 0 aliphatic carbocycles. The SMILES string of the molecule is CCOC(=O)[C@@H]1CCC[NH+](Cc2cccc(OC)c2O)C1. The molecular formula is C16H24NO4+. The number of para-hydroxylation sites is 1. The lowest BCUT2D eigenvalue weighted by Gasteiger charge is -2.28. The Bertz CT molecular complexity index is 489. The first-order chi connectivity index (χ1) is 10.2. The Morgan fingerprint density at radius 3 is 3.00 bits per heavy atom. The molecule has 21 heavy (non-hydrogen) atoms. The minimum absolute atomic E-state index is 0.0264. The maximum Gasteiger partial charge on any atom is 0.314 e. The van der Waals surface area contributed by atoms with Gasteiger partial charge in [-0.05, 0) is 31.9 Å². The Hall–Kier alpha value is -1.75. The van der Waals surface area contributed by atoms with Crippen molar-refractivity contribution < 1.29 is 24.3 Å². The van der Waals surface area contributed by atoms with E-state index in [4.69, 9.17) is 9.47 Å². The van der Waals surface area contributed by atoms with E-state index in [0.29, 0.717) is 18.9 Å². The van der Waals surface area contributed by atoms with Crippen molar-refractivity contribution in [1.82, 2.24) is 0 Å². The third-order valence-corrected chi connectivity index (χ3v) is 3.98. The van der Waals surface area contributed by atoms with Crippen LogP contribution >= 0.6 is 0 Å². The van der Waals surface area contributed by atoms with E-state index in [9.17, 15) is 9.90 Å². The quantitative estimate of drug-likeness (QED) is 0.787. The number of rotatable bonds is 5. The van der Waals surface area contributed by atoms with Crippen molar-refractivity contribution in [2.24, 2.45) is 5.92 Å². The molecule has 1 aromatic rings. The van der Waals surface area contributed by atoms with E-state index in [0.717, 1.165) is 31.5 Å². The minimum Gasteiger partial charge on any atom is -0.504 e. The lowest BCUT2D eigenvalue weighted by molar-refractivity contribution is -0.921. The highest BCUT2D eigenvalue weighted by molar-refractivity contribution is 5.72. The molecule has 1 heterocycles. The van der Waals surface area contributed by atoms with Gasteiger partial charge in [0.05, 0.1) is 32.4 Å². The number of piperidine rings is 1. The van der Waals surface area contributed by atoms with Gasteiger partial charge in [-0.15, -0.1) is 0 Å². The number of benzene rings is 1. The average Bonchev–Trinajstić information content (AvgIpc) is 2.50. The second-order valence-corrected chi connectivity index (χ2v) is 5.44. The Labute approximate surface area is 125 Å². The minimum atomic E-state index is -0.0930. The van der Waals surface area contributed by atoms with Crippen molar-refractivity contribution in [2.75, 3.05) is 26.8 Å². The highest BCUT2D eigenvalue weighted by Crippen LogP contribution is 2.28. The first-order valence-electron chi connectivity index (χ1n) is 7.50. The molecule has 0 amide bonds. The van der Waals surface area contributed by atoms with Gasteiger partial charge >= 0.3 is 5.97 Å². The van der Waals surface area contributed by atoms with Gasteiger partial charge in [0.25, 0.3) is 0 Å². The van der Waals surface area contributed by atoms with Gasteiger partial charge in [0.1, 0.15) is 12.5 Å². The number of hydrogen-bond donors (Lipinski definition) is 2. The van der Waals surface area contributed by atoms with Crippen LogP contribution in [0.5, 0.6) is 11.5 Å². The Morgan fingerprint density at radius 1 is 1.48 bits per heavy atom. The lowest BCUT2D eigenvalue weighted by Crippen LogP contribution is -3.12. The summed E-state index contributed by atoms with van der Waals surface area (Å²) in [7, 11) is 1.55. The van der Waals surface area contributed by atoms with E-state index in [1.807, 2.05) is 19.1 Å². The molecule has 2 rings (SSSR count). The number of aromatic hydroxyl groups is 1. The van der Waals surface area contributed by atoms with Gasteiger partial charge in [0, 0.05) is 0 Å². The van der Waals surface area contributed by atoms with Crippen LogP contribution in [0.4, 0.5) is 0 Å². The van der Waals surface area contributed by atoms with Gasteiger partial charge in [0.2, 0.25) is 0 Å². The number of phenols is 1. The zero-order chi connectivity index (χ0) is 15.2. The van der Waals surface area contributed by atoms with Crippen molar-refractivity contribution in [3.63, 3.8) is 0 Å². The van der Waals surface area contributed by atoms with Gasteiger partial charge in [0.15, 0.2) is 11.5 Å². The third kappa shape index (κ3) is 3.88. The normalized spacial score (nSPS) is 21.8. The molecule has 1 unspecified atom stereocenters. The molecular weight excluding hydrogens is 270 g/mol. The van der Waals surface area contributed by atoms with Crippen molar-refractivity contribution in [2.45, 2.75) is 26.3 Å². The van der Waals surface area contributed by atoms with E-state index in [-0.39, 0.29) is 17.6 Å². The molecule has 1 aliphatic rings. The van der Waals surface area contributed by atoms with E-state index in [1.54, 1.807) is 13.2 Å². The maximum absolute atomic E-state index is 11.9. The summed E-state index contributed by atoms with van der Waals surface area (Å²) in [6, 6.07) is 5.52. The Kier molecular flexibility index (Phi) is 5.44. The highest BCUT2D eigenvalue weighted by atomic mass is 16.5. The van der Waals surface area contributed by atoms with Crippen LogP contribution in [0, 0.1) is 5.92 Å². The van der Waals surface area contributed by atoms with Crippen molar-refractivity contribution in [1.29, 1.82) is 0 Å². The summed E-state index contributed by atoms with van der Waals surface area (Å²) in [6.45, 7) is 4.72. The van der Waals surface area contributed by atoms with Gasteiger partial charge in [-0.2, -0.15) is 0 Å². The fourth-order valence-corrected chi connectivity index (χ4v) is 2.92. The van der Waals surface area contributed by atoms with E-state index in [2.05, 4.69) is 0 Å². The molecule has 0 aromatic heterocycles. The second kappa shape index (κ2) is 7.31. The highest BCUT2D eigenvalue weighted by Gasteiger charge is 2.30. The average molecular weight is 294 g/mol. The number of nitrogens with one attached hydrogen (secondary N) is 1. The Morgan fingerprint density at radius 2 is 2.29 bits per heavy atom. The van der Waals surface area contributed by atoms with Crippen LogP contribution in [0.15, 0.2) is 18.2 Å². The number of carbonyl (C=O) groups excluding carboxylic acids is 1. The number of hydrogen-bond acceptors (Lipinski definition) is 4. The van der Waals surface area contributed by atoms with E-state index < -0.39 is 0 Å². The van der Waals surface area contributed by atoms with Crippen LogP contribution in [0.1, 0.15) is 25.3 Å². The van der Waals surface area contributed by atoms with Crippen LogP contribution in [0.2, 0.25) is 0 Å². The number of quaternary nitrogens is 1. The van der Waals surface area contributed by atoms with Crippen LogP contribution in [0.3, 0.4) is 0 Å². The molecule has 0 spiro atoms. The fourth-order valence-electron chi connectivity index (χ4n) is 2.92. The smallest absolute Gasteiger partial charge is 0.314 e. The number of carbonyl (C=O) groups is 1. The molecule has 1 aliphatic heterocycles. The molecule has 116 valence electrons. The first-order valence-corrected chi connectivity index (χ1v) is 7.50. The molecule has 5 nitrogen and oxygen atoms in total. The fraction of sp³-hybridized carbons (Fsp3) is 0.562. The summed E-state index contributed by atoms with van der Waals surface area (Å²) in [5.74, 6) is 0.572. The second-order valence-electron chi connectivity index (χ2n) is 5.44. The molecule has 5 heteroatoms. The monoisotopic (exact) mass is 294 g/mol. The molecule has 2 N–H and O–H groups in total. The number of esters is 1. The van der Waals surface area contributed by atoms with Gasteiger partial charge < -0.3 is 19.5 Å². The lowest BCUT2D eigenvalue weighted by atomic mass is 9.97. The molecule has 0 radical (unpaired) electrons. The number of ether oxygens (including phenoxy) is 2. The summed E-state index contributed by atoms with van der Waals surface area (Å²) in [5, 5.41) is 10.1. The van der Waals surface area contributed by atoms with Gasteiger partial charge in [-0.25, -0.2) is 0 Å². The van der Waals surface area contributed by atoms with Crippen LogP contribution in [0.25, 0.3) is 0 Å². The standard InChI is InChI=1S/C16H23NO4/c1-3-21-16(19)13-7-5-9-17(11-13)10-12-6-4-8-14(20-2)15(12)18/h4,6,8,13,18H,3,5,7,9-11H2,1-2H3/p+1/t13-/m1/s1. The zero-order valence-electron chi connectivity index (χ0n) is 12.7. The predicted octanol–water partition coefficient (Wildman–Crippen LogP) is 0.759. The zero-order valence-corrected chi connectivity index (χ0v) is 12.7. The van der Waals surface area contributed by atoms with Gasteiger partial charge in [-0.1, -0.05) is 6.07 Å². The number of likely N-dealkylation sites (tertiary alicyclic amines) is 1. The predicted molar refractivity (Wildman–Crippen MR) is 78.4 cm³/mol.